The molecule has 0 bridgehead atoms. The zero-order valence-corrected chi connectivity index (χ0v) is 18.6. The molecule has 0 radical (unpaired) electrons. The van der Waals surface area contributed by atoms with Gasteiger partial charge in [0.1, 0.15) is 0 Å². The molecule has 1 atom stereocenters. The largest absolute Gasteiger partial charge is 0.394 e. The Bertz CT molecular complexity index is 1230. The molecule has 2 aliphatic heterocycles. The first-order valence-corrected chi connectivity index (χ1v) is 11.0. The first-order valence-electron chi connectivity index (χ1n) is 11.0. The van der Waals surface area contributed by atoms with Crippen molar-refractivity contribution in [3.05, 3.63) is 46.9 Å². The summed E-state index contributed by atoms with van der Waals surface area (Å²) < 4.78 is 36.9. The highest BCUT2D eigenvalue weighted by Gasteiger charge is 2.45. The molecule has 0 spiro atoms. The molecule has 10 heteroatoms. The zero-order chi connectivity index (χ0) is 23.2. The first-order chi connectivity index (χ1) is 15.9. The van der Waals surface area contributed by atoms with Gasteiger partial charge in [-0.05, 0) is 50.2 Å². The summed E-state index contributed by atoms with van der Waals surface area (Å²) in [7, 11) is 1.73. The minimum atomic E-state index is -2.81. The van der Waals surface area contributed by atoms with E-state index in [1.54, 1.807) is 28.9 Å². The summed E-state index contributed by atoms with van der Waals surface area (Å²) in [6.45, 7) is 12.2. The Morgan fingerprint density at radius 2 is 1.88 bits per heavy atom. The second kappa shape index (κ2) is 8.32. The van der Waals surface area contributed by atoms with Gasteiger partial charge in [-0.2, -0.15) is 5.10 Å². The molecule has 0 aliphatic carbocycles. The van der Waals surface area contributed by atoms with Gasteiger partial charge in [0.05, 0.1) is 43.5 Å². The second-order valence-electron chi connectivity index (χ2n) is 8.76. The molecule has 3 aromatic rings. The van der Waals surface area contributed by atoms with Gasteiger partial charge in [-0.1, -0.05) is 0 Å². The molecule has 0 amide bonds. The number of alkyl halides is 2. The number of ether oxygens (including phenoxy) is 1. The number of benzene rings is 1. The fourth-order valence-electron chi connectivity index (χ4n) is 4.78. The van der Waals surface area contributed by atoms with E-state index in [9.17, 15) is 8.78 Å². The summed E-state index contributed by atoms with van der Waals surface area (Å²) in [5.74, 6) is -2.57. The molecule has 8 nitrogen and oxygen atoms in total. The molecule has 5 rings (SSSR count). The number of nitrogens with zero attached hydrogens (tertiary/aromatic N) is 7. The van der Waals surface area contributed by atoms with Crippen LogP contribution in [0, 0.1) is 13.5 Å². The number of anilines is 1. The van der Waals surface area contributed by atoms with Crippen LogP contribution in [0.2, 0.25) is 0 Å². The lowest BCUT2D eigenvalue weighted by Crippen LogP contribution is -2.45. The van der Waals surface area contributed by atoms with Crippen molar-refractivity contribution in [2.45, 2.75) is 25.2 Å². The molecule has 172 valence electrons. The average molecular weight is 453 g/mol. The van der Waals surface area contributed by atoms with Crippen molar-refractivity contribution in [3.8, 4) is 5.82 Å². The Morgan fingerprint density at radius 3 is 2.61 bits per heavy atom. The molecule has 0 saturated carbocycles. The highest BCUT2D eigenvalue weighted by Crippen LogP contribution is 2.42. The lowest BCUT2D eigenvalue weighted by molar-refractivity contribution is -0.0766. The van der Waals surface area contributed by atoms with Crippen LogP contribution >= 0.6 is 0 Å². The minimum absolute atomic E-state index is 0.0202. The van der Waals surface area contributed by atoms with Crippen LogP contribution in [0.1, 0.15) is 23.5 Å². The van der Waals surface area contributed by atoms with Crippen LogP contribution in [0.25, 0.3) is 21.6 Å². The summed E-state index contributed by atoms with van der Waals surface area (Å²) in [6.07, 6.45) is 2.09. The van der Waals surface area contributed by atoms with Gasteiger partial charge in [-0.3, -0.25) is 0 Å². The summed E-state index contributed by atoms with van der Waals surface area (Å²) in [5.41, 5.74) is 2.15. The molecule has 4 heterocycles. The number of hydrogen-bond acceptors (Lipinski definition) is 6. The van der Waals surface area contributed by atoms with Gasteiger partial charge in [0.15, 0.2) is 5.82 Å². The van der Waals surface area contributed by atoms with Crippen LogP contribution in [-0.2, 0) is 4.74 Å². The van der Waals surface area contributed by atoms with Crippen molar-refractivity contribution in [2.75, 3.05) is 51.3 Å². The van der Waals surface area contributed by atoms with E-state index in [-0.39, 0.29) is 12.5 Å². The van der Waals surface area contributed by atoms with Crippen LogP contribution in [0.15, 0.2) is 24.4 Å². The number of hydrogen-bond donors (Lipinski definition) is 0. The van der Waals surface area contributed by atoms with Crippen LogP contribution < -0.4 is 4.90 Å². The molecular formula is C23H25F2N7O. The predicted molar refractivity (Wildman–Crippen MR) is 120 cm³/mol. The highest BCUT2D eigenvalue weighted by atomic mass is 19.3. The molecule has 2 aromatic heterocycles. The van der Waals surface area contributed by atoms with Gasteiger partial charge < -0.3 is 19.4 Å². The number of aromatic nitrogens is 4. The smallest absolute Gasteiger partial charge is 0.375 e. The first kappa shape index (κ1) is 21.7. The molecular weight excluding hydrogens is 428 g/mol. The molecule has 1 unspecified atom stereocenters. The Balaban J connectivity index is 1.60. The van der Waals surface area contributed by atoms with Crippen LogP contribution in [0.4, 0.5) is 20.5 Å². The quantitative estimate of drug-likeness (QED) is 0.565. The summed E-state index contributed by atoms with van der Waals surface area (Å²) >= 11 is 0. The molecule has 2 aliphatic rings. The number of morpholine rings is 1. The third kappa shape index (κ3) is 4.03. The summed E-state index contributed by atoms with van der Waals surface area (Å²) in [4.78, 5) is 15.9. The van der Waals surface area contributed by atoms with Gasteiger partial charge in [0.25, 0.3) is 5.92 Å². The van der Waals surface area contributed by atoms with E-state index in [0.29, 0.717) is 62.0 Å². The number of rotatable bonds is 3. The average Bonchev–Trinajstić information content (AvgIpc) is 3.21. The van der Waals surface area contributed by atoms with Crippen molar-refractivity contribution in [2.24, 2.45) is 0 Å². The summed E-state index contributed by atoms with van der Waals surface area (Å²) in [6, 6.07) is 5.51. The van der Waals surface area contributed by atoms with Crippen molar-refractivity contribution in [1.82, 2.24) is 24.6 Å². The third-order valence-electron chi connectivity index (χ3n) is 6.46. The third-order valence-corrected chi connectivity index (χ3v) is 6.46. The summed E-state index contributed by atoms with van der Waals surface area (Å²) in [5, 5.41) is 5.32. The topological polar surface area (TPSA) is 63.7 Å². The Hall–Kier alpha value is -3.16. The van der Waals surface area contributed by atoms with E-state index in [1.165, 1.54) is 0 Å². The normalized spacial score (nSPS) is 21.3. The molecule has 2 saturated heterocycles. The van der Waals surface area contributed by atoms with Gasteiger partial charge in [0.2, 0.25) is 5.82 Å². The van der Waals surface area contributed by atoms with Gasteiger partial charge in [0, 0.05) is 18.5 Å². The Labute approximate surface area is 190 Å². The van der Waals surface area contributed by atoms with Gasteiger partial charge in [-0.25, -0.2) is 13.5 Å². The Morgan fingerprint density at radius 1 is 1.12 bits per heavy atom. The molecule has 2 fully saturated rings. The van der Waals surface area contributed by atoms with Crippen molar-refractivity contribution >= 4 is 22.7 Å². The standard InChI is InChI=1S/C23H25F2N7O/c1-15-10-16-13-27-32(19(16)11-17(15)18-4-5-30(3)14-23(18,24)25)21-12-20(28-22(26-2)29-21)31-6-8-33-9-7-31/h10-13,18H,4-9,14H2,1,3H3. The highest BCUT2D eigenvalue weighted by molar-refractivity contribution is 5.82. The SMILES string of the molecule is [C-]#[N+]c1nc(N2CCOCC2)cc(-n2ncc3cc(C)c(C4CCN(C)CC4(F)F)cc32)n1. The number of fused-ring (bicyclic) bond motifs is 1. The number of aryl methyl sites for hydroxylation is 1. The molecule has 33 heavy (non-hydrogen) atoms. The molecule has 1 aromatic carbocycles. The monoisotopic (exact) mass is 453 g/mol. The second-order valence-corrected chi connectivity index (χ2v) is 8.76. The van der Waals surface area contributed by atoms with Gasteiger partial charge >= 0.3 is 5.95 Å². The van der Waals surface area contributed by atoms with E-state index in [0.717, 1.165) is 10.9 Å². The number of piperidine rings is 1. The van der Waals surface area contributed by atoms with E-state index < -0.39 is 11.8 Å². The minimum Gasteiger partial charge on any atom is -0.394 e. The fraction of sp³-hybridized carbons (Fsp3) is 0.478. The van der Waals surface area contributed by atoms with E-state index >= 15 is 0 Å². The van der Waals surface area contributed by atoms with E-state index in [2.05, 4.69) is 19.9 Å². The van der Waals surface area contributed by atoms with E-state index in [4.69, 9.17) is 11.3 Å². The van der Waals surface area contributed by atoms with Crippen LogP contribution in [0.3, 0.4) is 0 Å². The van der Waals surface area contributed by atoms with Crippen molar-refractivity contribution in [1.29, 1.82) is 0 Å². The number of halogens is 2. The fourth-order valence-corrected chi connectivity index (χ4v) is 4.78. The molecule has 0 N–H and O–H groups in total. The maximum Gasteiger partial charge on any atom is 0.375 e. The lowest BCUT2D eigenvalue weighted by Gasteiger charge is -2.37. The Kier molecular flexibility index (Phi) is 5.46. The van der Waals surface area contributed by atoms with Crippen LogP contribution in [-0.4, -0.2) is 77.0 Å². The number of likely N-dealkylation sites (tertiary alicyclic amines) is 1. The van der Waals surface area contributed by atoms with Crippen LogP contribution in [0.5, 0.6) is 0 Å². The maximum atomic E-state index is 15.0. The van der Waals surface area contributed by atoms with E-state index in [1.807, 2.05) is 24.0 Å². The van der Waals surface area contributed by atoms with Crippen molar-refractivity contribution < 1.29 is 13.5 Å². The van der Waals surface area contributed by atoms with Gasteiger partial charge in [-0.15, -0.1) is 16.5 Å². The predicted octanol–water partition coefficient (Wildman–Crippen LogP) is 3.57. The zero-order valence-electron chi connectivity index (χ0n) is 18.6. The lowest BCUT2D eigenvalue weighted by atomic mass is 9.83. The van der Waals surface area contributed by atoms with Crippen molar-refractivity contribution in [3.63, 3.8) is 0 Å². The maximum absolute atomic E-state index is 15.0.